The second-order valence-electron chi connectivity index (χ2n) is 12.1. The van der Waals surface area contributed by atoms with Crippen molar-refractivity contribution < 1.29 is 27.1 Å². The number of hydrogen-bond acceptors (Lipinski definition) is 8. The van der Waals surface area contributed by atoms with Gasteiger partial charge in [0.05, 0.1) is 16.2 Å². The number of ether oxygens (including phenoxy) is 2. The number of hydrogen-bond donors (Lipinski definition) is 2. The first kappa shape index (κ1) is 29.6. The predicted molar refractivity (Wildman–Crippen MR) is 168 cm³/mol. The topological polar surface area (TPSA) is 124 Å². The number of nitrogens with zero attached hydrogens (tertiary/aromatic N) is 2. The number of fused-ring (bicyclic) bond motifs is 1. The maximum Gasteiger partial charge on any atom is 0.250 e. The van der Waals surface area contributed by atoms with Gasteiger partial charge >= 0.3 is 0 Å². The number of nitrogens with one attached hydrogen (secondary N) is 1. The van der Waals surface area contributed by atoms with Gasteiger partial charge in [-0.1, -0.05) is 30.3 Å². The Morgan fingerprint density at radius 3 is 2.58 bits per heavy atom. The number of benzene rings is 3. The number of nitrogen functional groups attached to an aromatic ring is 1. The molecule has 2 aliphatic heterocycles. The van der Waals surface area contributed by atoms with Crippen molar-refractivity contribution in [3.8, 4) is 0 Å². The van der Waals surface area contributed by atoms with Crippen LogP contribution >= 0.6 is 0 Å². The quantitative estimate of drug-likeness (QED) is 0.256. The van der Waals surface area contributed by atoms with Gasteiger partial charge in [0, 0.05) is 29.7 Å². The van der Waals surface area contributed by atoms with Crippen molar-refractivity contribution in [3.05, 3.63) is 95.4 Å². The molecule has 7 rings (SSSR count). The number of rotatable bonds is 8. The molecular weight excluding hydrogens is 595 g/mol. The van der Waals surface area contributed by atoms with Crippen molar-refractivity contribution in [3.63, 3.8) is 0 Å². The number of sulfone groups is 1. The number of aromatic nitrogens is 1. The monoisotopic (exact) mass is 630 g/mol. The third-order valence-corrected chi connectivity index (χ3v) is 11.4. The molecule has 3 heterocycles. The highest BCUT2D eigenvalue weighted by atomic mass is 32.2. The largest absolute Gasteiger partial charge is 0.383 e. The molecule has 234 valence electrons. The zero-order valence-corrected chi connectivity index (χ0v) is 25.8. The molecule has 1 saturated carbocycles. The second kappa shape index (κ2) is 11.4. The van der Waals surface area contributed by atoms with Crippen LogP contribution in [0.5, 0.6) is 0 Å². The first-order valence-electron chi connectivity index (χ1n) is 15.2. The third-order valence-electron chi connectivity index (χ3n) is 9.10. The van der Waals surface area contributed by atoms with Gasteiger partial charge in [-0.25, -0.2) is 17.8 Å². The van der Waals surface area contributed by atoms with E-state index in [2.05, 4.69) is 10.3 Å². The number of carbonyl (C=O) groups excluding carboxylic acids is 1. The van der Waals surface area contributed by atoms with E-state index < -0.39 is 33.5 Å². The van der Waals surface area contributed by atoms with E-state index in [-0.39, 0.29) is 28.8 Å². The van der Waals surface area contributed by atoms with Crippen LogP contribution in [0.1, 0.15) is 55.0 Å². The Hall–Kier alpha value is -4.06. The SMILES string of the molecule is Cc1cc([C@@H](Nc2ccc3c(N)nccc3c2)C(=O)N2CC[C@@H](C3OC(C)O3)[C@H]2c2ccccc2S(=O)(=O)C2CC2)ccc1F. The summed E-state index contributed by atoms with van der Waals surface area (Å²) in [5, 5.41) is 4.62. The van der Waals surface area contributed by atoms with Gasteiger partial charge in [-0.3, -0.25) is 4.79 Å². The highest BCUT2D eigenvalue weighted by Crippen LogP contribution is 2.47. The fraction of sp³-hybridized carbons (Fsp3) is 0.353. The van der Waals surface area contributed by atoms with Gasteiger partial charge in [0.2, 0.25) is 5.91 Å². The molecule has 9 nitrogen and oxygen atoms in total. The van der Waals surface area contributed by atoms with E-state index in [1.165, 1.54) is 6.07 Å². The van der Waals surface area contributed by atoms with Gasteiger partial charge in [-0.05, 0) is 91.6 Å². The highest BCUT2D eigenvalue weighted by Gasteiger charge is 2.50. The van der Waals surface area contributed by atoms with E-state index in [1.807, 2.05) is 24.3 Å². The molecule has 3 fully saturated rings. The van der Waals surface area contributed by atoms with E-state index in [4.69, 9.17) is 15.2 Å². The highest BCUT2D eigenvalue weighted by molar-refractivity contribution is 7.92. The number of amides is 1. The molecule has 4 aromatic rings. The van der Waals surface area contributed by atoms with Crippen molar-refractivity contribution >= 4 is 38.0 Å². The molecule has 3 atom stereocenters. The zero-order valence-electron chi connectivity index (χ0n) is 25.0. The number of likely N-dealkylation sites (tertiary alicyclic amines) is 1. The summed E-state index contributed by atoms with van der Waals surface area (Å²) < 4.78 is 53.5. The maximum atomic E-state index is 14.8. The number of carbonyl (C=O) groups is 1. The van der Waals surface area contributed by atoms with E-state index in [9.17, 15) is 17.6 Å². The van der Waals surface area contributed by atoms with Crippen LogP contribution in [0.2, 0.25) is 0 Å². The van der Waals surface area contributed by atoms with Crippen LogP contribution in [0.25, 0.3) is 10.8 Å². The van der Waals surface area contributed by atoms with Gasteiger partial charge in [0.15, 0.2) is 22.4 Å². The molecule has 3 aliphatic rings. The molecule has 1 aromatic heterocycles. The van der Waals surface area contributed by atoms with Crippen LogP contribution < -0.4 is 11.1 Å². The van der Waals surface area contributed by atoms with Gasteiger partial charge < -0.3 is 25.4 Å². The Balaban J connectivity index is 1.31. The first-order valence-corrected chi connectivity index (χ1v) is 16.8. The summed E-state index contributed by atoms with van der Waals surface area (Å²) in [6.07, 6.45) is 2.49. The van der Waals surface area contributed by atoms with Crippen molar-refractivity contribution in [1.82, 2.24) is 9.88 Å². The van der Waals surface area contributed by atoms with E-state index in [1.54, 1.807) is 61.3 Å². The molecule has 0 spiro atoms. The van der Waals surface area contributed by atoms with Crippen LogP contribution in [-0.2, 0) is 24.1 Å². The summed E-state index contributed by atoms with van der Waals surface area (Å²) in [6.45, 7) is 3.83. The lowest BCUT2D eigenvalue weighted by Gasteiger charge is -2.41. The Kier molecular flexibility index (Phi) is 7.50. The fourth-order valence-electron chi connectivity index (χ4n) is 6.64. The lowest BCUT2D eigenvalue weighted by Crippen LogP contribution is -2.47. The molecule has 3 N–H and O–H groups in total. The number of nitrogens with two attached hydrogens (primary N) is 1. The van der Waals surface area contributed by atoms with Crippen LogP contribution in [0.4, 0.5) is 15.9 Å². The normalized spacial score (nSPS) is 23.9. The molecule has 2 saturated heterocycles. The smallest absolute Gasteiger partial charge is 0.250 e. The minimum absolute atomic E-state index is 0.248. The number of anilines is 2. The Labute approximate surface area is 261 Å². The maximum absolute atomic E-state index is 14.8. The van der Waals surface area contributed by atoms with Crippen molar-refractivity contribution in [2.75, 3.05) is 17.6 Å². The first-order chi connectivity index (χ1) is 21.6. The lowest BCUT2D eigenvalue weighted by molar-refractivity contribution is -0.393. The minimum Gasteiger partial charge on any atom is -0.383 e. The molecule has 11 heteroatoms. The summed E-state index contributed by atoms with van der Waals surface area (Å²) in [4.78, 5) is 20.9. The van der Waals surface area contributed by atoms with Gasteiger partial charge in [-0.2, -0.15) is 0 Å². The summed E-state index contributed by atoms with van der Waals surface area (Å²) in [6, 6.07) is 17.5. The number of halogens is 1. The Morgan fingerprint density at radius 2 is 1.84 bits per heavy atom. The van der Waals surface area contributed by atoms with Crippen LogP contribution in [0, 0.1) is 18.7 Å². The second-order valence-corrected chi connectivity index (χ2v) is 14.3. The fourth-order valence-corrected chi connectivity index (χ4v) is 8.54. The van der Waals surface area contributed by atoms with E-state index in [0.29, 0.717) is 54.0 Å². The predicted octanol–water partition coefficient (Wildman–Crippen LogP) is 5.66. The minimum atomic E-state index is -3.58. The summed E-state index contributed by atoms with van der Waals surface area (Å²) in [7, 11) is -3.58. The lowest BCUT2D eigenvalue weighted by atomic mass is 9.91. The van der Waals surface area contributed by atoms with Crippen LogP contribution in [0.3, 0.4) is 0 Å². The summed E-state index contributed by atoms with van der Waals surface area (Å²) in [5.41, 5.74) is 8.29. The number of aryl methyl sites for hydroxylation is 1. The van der Waals surface area contributed by atoms with E-state index in [0.717, 1.165) is 10.8 Å². The summed E-state index contributed by atoms with van der Waals surface area (Å²) >= 11 is 0. The Bertz CT molecular complexity index is 1890. The molecule has 1 aliphatic carbocycles. The zero-order chi connectivity index (χ0) is 31.5. The van der Waals surface area contributed by atoms with Crippen LogP contribution in [0.15, 0.2) is 77.8 Å². The van der Waals surface area contributed by atoms with Gasteiger partial charge in [0.25, 0.3) is 0 Å². The molecular formula is C34H35FN4O5S. The van der Waals surface area contributed by atoms with Crippen molar-refractivity contribution in [2.24, 2.45) is 5.92 Å². The molecule has 0 bridgehead atoms. The number of pyridine rings is 1. The van der Waals surface area contributed by atoms with Gasteiger partial charge in [0.1, 0.15) is 17.7 Å². The molecule has 1 amide bonds. The van der Waals surface area contributed by atoms with Crippen molar-refractivity contribution in [2.45, 2.75) is 67.9 Å². The van der Waals surface area contributed by atoms with Gasteiger partial charge in [-0.15, -0.1) is 0 Å². The average Bonchev–Trinajstić information content (AvgIpc) is 3.80. The van der Waals surface area contributed by atoms with Crippen LogP contribution in [-0.4, -0.2) is 48.6 Å². The van der Waals surface area contributed by atoms with E-state index >= 15 is 0 Å². The third kappa shape index (κ3) is 5.43. The summed E-state index contributed by atoms with van der Waals surface area (Å²) in [5.74, 6) is -0.520. The molecule has 0 radical (unpaired) electrons. The Morgan fingerprint density at radius 1 is 1.07 bits per heavy atom. The standard InChI is InChI=1S/C34H35FN4O5S/c1-19-17-22(7-12-28(19)35)30(38-23-8-11-25-21(18-23)13-15-37-32(25)36)33(40)39-16-14-27(34-43-20(2)44-34)31(39)26-5-3-4-6-29(26)45(41,42)24-9-10-24/h3-8,11-13,15,17-18,20,24,27,30-31,34,38H,9-10,14,16H2,1-2H3,(H2,36,37)/t20?,27-,30-,31-,34?/m1/s1. The van der Waals surface area contributed by atoms with Crippen molar-refractivity contribution in [1.29, 1.82) is 0 Å². The molecule has 0 unspecified atom stereocenters. The average molecular weight is 631 g/mol. The molecule has 45 heavy (non-hydrogen) atoms. The molecule has 3 aromatic carbocycles.